The molecule has 0 bridgehead atoms. The molecule has 1 aromatic rings. The first-order valence-corrected chi connectivity index (χ1v) is 4.65. The largest absolute Gasteiger partial charge is 0.466 e. The van der Waals surface area contributed by atoms with E-state index in [1.807, 2.05) is 0 Å². The van der Waals surface area contributed by atoms with Gasteiger partial charge in [0.1, 0.15) is 5.75 Å². The van der Waals surface area contributed by atoms with E-state index in [1.54, 1.807) is 12.1 Å². The van der Waals surface area contributed by atoms with Crippen LogP contribution in [0.2, 0.25) is 10.0 Å². The molecule has 0 saturated carbocycles. The maximum Gasteiger partial charge on any atom is 0.188 e. The molecule has 0 aliphatic carbocycles. The number of rotatable bonds is 4. The molecule has 0 amide bonds. The molecule has 0 spiro atoms. The molecule has 1 rings (SSSR count). The topological polar surface area (TPSA) is 38.7 Å². The smallest absolute Gasteiger partial charge is 0.188 e. The van der Waals surface area contributed by atoms with Crippen LogP contribution in [-0.2, 0) is 11.3 Å². The van der Waals surface area contributed by atoms with E-state index in [9.17, 15) is 0 Å². The summed E-state index contributed by atoms with van der Waals surface area (Å²) in [5, 5.41) is 9.85. The average molecular weight is 237 g/mol. The molecule has 0 heterocycles. The van der Waals surface area contributed by atoms with Gasteiger partial charge in [0.25, 0.3) is 0 Å². The first kappa shape index (κ1) is 11.6. The van der Waals surface area contributed by atoms with Crippen molar-refractivity contribution in [1.82, 2.24) is 0 Å². The van der Waals surface area contributed by atoms with Gasteiger partial charge < -0.3 is 14.6 Å². The Balaban J connectivity index is 2.99. The van der Waals surface area contributed by atoms with Crippen molar-refractivity contribution in [3.05, 3.63) is 27.7 Å². The van der Waals surface area contributed by atoms with Crippen molar-refractivity contribution < 1.29 is 14.6 Å². The van der Waals surface area contributed by atoms with Crippen LogP contribution in [0.4, 0.5) is 0 Å². The lowest BCUT2D eigenvalue weighted by molar-refractivity contribution is 0.0496. The van der Waals surface area contributed by atoms with Gasteiger partial charge in [0, 0.05) is 17.7 Å². The quantitative estimate of drug-likeness (QED) is 0.817. The SMILES string of the molecule is COCOc1c(Cl)cc(Cl)cc1CO. The molecule has 14 heavy (non-hydrogen) atoms. The Bertz CT molecular complexity index is 315. The van der Waals surface area contributed by atoms with E-state index < -0.39 is 0 Å². The van der Waals surface area contributed by atoms with Gasteiger partial charge in [0.05, 0.1) is 11.6 Å². The van der Waals surface area contributed by atoms with Crippen LogP contribution >= 0.6 is 23.2 Å². The second-order valence-electron chi connectivity index (χ2n) is 2.58. The van der Waals surface area contributed by atoms with Crippen LogP contribution in [0.3, 0.4) is 0 Å². The van der Waals surface area contributed by atoms with E-state index in [2.05, 4.69) is 0 Å². The predicted octanol–water partition coefficient (Wildman–Crippen LogP) is 2.47. The minimum Gasteiger partial charge on any atom is -0.466 e. The summed E-state index contributed by atoms with van der Waals surface area (Å²) in [4.78, 5) is 0. The summed E-state index contributed by atoms with van der Waals surface area (Å²) in [5.74, 6) is 0.403. The minimum absolute atomic E-state index is 0.0777. The van der Waals surface area contributed by atoms with E-state index in [1.165, 1.54) is 7.11 Å². The van der Waals surface area contributed by atoms with Gasteiger partial charge in [-0.15, -0.1) is 0 Å². The zero-order valence-corrected chi connectivity index (χ0v) is 9.10. The molecule has 1 N–H and O–H groups in total. The normalized spacial score (nSPS) is 10.3. The van der Waals surface area contributed by atoms with Crippen molar-refractivity contribution in [2.75, 3.05) is 13.9 Å². The molecule has 0 atom stereocenters. The van der Waals surface area contributed by atoms with Crippen molar-refractivity contribution in [2.45, 2.75) is 6.61 Å². The Labute approximate surface area is 92.2 Å². The Morgan fingerprint density at radius 2 is 2.07 bits per heavy atom. The van der Waals surface area contributed by atoms with Gasteiger partial charge >= 0.3 is 0 Å². The lowest BCUT2D eigenvalue weighted by Gasteiger charge is -2.11. The second-order valence-corrected chi connectivity index (χ2v) is 3.43. The number of aliphatic hydroxyl groups excluding tert-OH is 1. The average Bonchev–Trinajstić information content (AvgIpc) is 2.15. The molecule has 0 radical (unpaired) electrons. The third-order valence-corrected chi connectivity index (χ3v) is 2.08. The van der Waals surface area contributed by atoms with Crippen LogP contribution < -0.4 is 4.74 Å². The summed E-state index contributed by atoms with van der Waals surface area (Å²) in [5.41, 5.74) is 0.541. The molecular formula is C9H10Cl2O3. The fourth-order valence-electron chi connectivity index (χ4n) is 1.01. The third-order valence-electron chi connectivity index (χ3n) is 1.58. The third kappa shape index (κ3) is 2.75. The van der Waals surface area contributed by atoms with Crippen molar-refractivity contribution in [3.63, 3.8) is 0 Å². The highest BCUT2D eigenvalue weighted by atomic mass is 35.5. The monoisotopic (exact) mass is 236 g/mol. The zero-order chi connectivity index (χ0) is 10.6. The highest BCUT2D eigenvalue weighted by Gasteiger charge is 2.09. The summed E-state index contributed by atoms with van der Waals surface area (Å²) in [7, 11) is 1.50. The van der Waals surface area contributed by atoms with Gasteiger partial charge in [-0.1, -0.05) is 23.2 Å². The Morgan fingerprint density at radius 1 is 1.36 bits per heavy atom. The highest BCUT2D eigenvalue weighted by molar-refractivity contribution is 6.35. The lowest BCUT2D eigenvalue weighted by atomic mass is 10.2. The summed E-state index contributed by atoms with van der Waals surface area (Å²) in [6, 6.07) is 3.14. The van der Waals surface area contributed by atoms with E-state index >= 15 is 0 Å². The highest BCUT2D eigenvalue weighted by Crippen LogP contribution is 2.32. The molecule has 0 aromatic heterocycles. The maximum absolute atomic E-state index is 9.03. The van der Waals surface area contributed by atoms with E-state index in [0.717, 1.165) is 0 Å². The molecule has 78 valence electrons. The number of benzene rings is 1. The van der Waals surface area contributed by atoms with Crippen molar-refractivity contribution >= 4 is 23.2 Å². The van der Waals surface area contributed by atoms with Crippen LogP contribution in [0.5, 0.6) is 5.75 Å². The number of ether oxygens (including phenoxy) is 2. The first-order valence-electron chi connectivity index (χ1n) is 3.89. The van der Waals surface area contributed by atoms with Crippen molar-refractivity contribution in [2.24, 2.45) is 0 Å². The van der Waals surface area contributed by atoms with Crippen LogP contribution in [-0.4, -0.2) is 19.0 Å². The number of aliphatic hydroxyl groups is 1. The van der Waals surface area contributed by atoms with Gasteiger partial charge in [0.15, 0.2) is 6.79 Å². The molecule has 3 nitrogen and oxygen atoms in total. The molecule has 0 fully saturated rings. The summed E-state index contributed by atoms with van der Waals surface area (Å²) in [6.07, 6.45) is 0. The molecule has 5 heteroatoms. The van der Waals surface area contributed by atoms with Crippen LogP contribution in [0.1, 0.15) is 5.56 Å². The summed E-state index contributed by atoms with van der Waals surface area (Å²) in [6.45, 7) is -0.103. The number of methoxy groups -OCH3 is 1. The standard InChI is InChI=1S/C9H10Cl2O3/c1-13-5-14-9-6(4-12)2-7(10)3-8(9)11/h2-3,12H,4-5H2,1H3. The number of hydrogen-bond donors (Lipinski definition) is 1. The van der Waals surface area contributed by atoms with Crippen molar-refractivity contribution in [3.8, 4) is 5.75 Å². The molecule has 1 aromatic carbocycles. The van der Waals surface area contributed by atoms with E-state index in [0.29, 0.717) is 21.4 Å². The van der Waals surface area contributed by atoms with E-state index in [4.69, 9.17) is 37.8 Å². The van der Waals surface area contributed by atoms with Crippen LogP contribution in [0.15, 0.2) is 12.1 Å². The molecular weight excluding hydrogens is 227 g/mol. The van der Waals surface area contributed by atoms with Gasteiger partial charge in [-0.3, -0.25) is 0 Å². The van der Waals surface area contributed by atoms with Gasteiger partial charge in [0.2, 0.25) is 0 Å². The van der Waals surface area contributed by atoms with Gasteiger partial charge in [-0.2, -0.15) is 0 Å². The summed E-state index contributed by atoms with van der Waals surface area (Å²) >= 11 is 11.6. The lowest BCUT2D eigenvalue weighted by Crippen LogP contribution is -2.02. The van der Waals surface area contributed by atoms with Gasteiger partial charge in [-0.05, 0) is 12.1 Å². The fourth-order valence-corrected chi connectivity index (χ4v) is 1.60. The first-order chi connectivity index (χ1) is 6.69. The van der Waals surface area contributed by atoms with Crippen LogP contribution in [0.25, 0.3) is 0 Å². The Hall–Kier alpha value is -0.480. The van der Waals surface area contributed by atoms with Crippen LogP contribution in [0, 0.1) is 0 Å². The zero-order valence-electron chi connectivity index (χ0n) is 7.59. The molecule has 0 aliphatic heterocycles. The summed E-state index contributed by atoms with van der Waals surface area (Å²) < 4.78 is 9.93. The predicted molar refractivity (Wildman–Crippen MR) is 54.9 cm³/mol. The molecule has 0 aliphatic rings. The Morgan fingerprint density at radius 3 is 2.64 bits per heavy atom. The molecule has 0 saturated heterocycles. The number of hydrogen-bond acceptors (Lipinski definition) is 3. The van der Waals surface area contributed by atoms with Gasteiger partial charge in [-0.25, -0.2) is 0 Å². The maximum atomic E-state index is 9.03. The Kier molecular flexibility index (Phi) is 4.48. The second kappa shape index (κ2) is 5.41. The van der Waals surface area contributed by atoms with Crippen molar-refractivity contribution in [1.29, 1.82) is 0 Å². The minimum atomic E-state index is -0.181. The fraction of sp³-hybridized carbons (Fsp3) is 0.333. The number of halogens is 2. The van der Waals surface area contributed by atoms with E-state index in [-0.39, 0.29) is 13.4 Å². The molecule has 0 unspecified atom stereocenters.